The number of carboxylic acid groups (broad SMARTS) is 1. The molecule has 0 aliphatic carbocycles. The van der Waals surface area contributed by atoms with Crippen LogP contribution in [-0.4, -0.2) is 74.1 Å². The van der Waals surface area contributed by atoms with Gasteiger partial charge in [-0.05, 0) is 75.2 Å². The molecule has 2 heterocycles. The van der Waals surface area contributed by atoms with Crippen molar-refractivity contribution in [3.63, 3.8) is 0 Å². The van der Waals surface area contributed by atoms with Crippen LogP contribution in [-0.2, 0) is 14.8 Å². The number of pyridine rings is 1. The van der Waals surface area contributed by atoms with Crippen LogP contribution in [0.3, 0.4) is 0 Å². The van der Waals surface area contributed by atoms with E-state index >= 15 is 0 Å². The monoisotopic (exact) mass is 647 g/mol. The SMILES string of the molecule is Cc1cc(C)cc(S(=O)(=O)Nc2ccc3nc(N4CCN(CC(=O)NC(C)C)CC4)cc(C(=O)O)c3c2)c1.Cl.Cl.Cl. The van der Waals surface area contributed by atoms with Crippen LogP contribution in [0.5, 0.6) is 0 Å². The van der Waals surface area contributed by atoms with Crippen molar-refractivity contribution in [3.8, 4) is 0 Å². The topological polar surface area (TPSA) is 132 Å². The summed E-state index contributed by atoms with van der Waals surface area (Å²) < 4.78 is 28.5. The molecule has 14 heteroatoms. The largest absolute Gasteiger partial charge is 0.478 e. The molecule has 1 aromatic heterocycles. The number of carbonyl (C=O) groups is 2. The van der Waals surface area contributed by atoms with E-state index < -0.39 is 16.0 Å². The van der Waals surface area contributed by atoms with Crippen molar-refractivity contribution in [3.05, 3.63) is 59.2 Å². The van der Waals surface area contributed by atoms with Crippen molar-refractivity contribution < 1.29 is 23.1 Å². The van der Waals surface area contributed by atoms with Gasteiger partial charge in [0, 0.05) is 43.3 Å². The number of sulfonamides is 1. The number of piperazine rings is 1. The highest BCUT2D eigenvalue weighted by Gasteiger charge is 2.23. The molecule has 0 unspecified atom stereocenters. The van der Waals surface area contributed by atoms with Gasteiger partial charge >= 0.3 is 5.97 Å². The molecule has 226 valence electrons. The molecule has 4 rings (SSSR count). The number of anilines is 2. The molecule has 0 atom stereocenters. The number of aromatic carboxylic acids is 1. The molecule has 2 aromatic carbocycles. The van der Waals surface area contributed by atoms with E-state index in [1.54, 1.807) is 24.3 Å². The normalized spacial score (nSPS) is 13.5. The number of carboxylic acids is 1. The van der Waals surface area contributed by atoms with E-state index in [0.717, 1.165) is 11.1 Å². The number of aryl methyl sites for hydroxylation is 2. The summed E-state index contributed by atoms with van der Waals surface area (Å²) in [5.74, 6) is -0.615. The van der Waals surface area contributed by atoms with Crippen LogP contribution in [0, 0.1) is 13.8 Å². The van der Waals surface area contributed by atoms with E-state index in [0.29, 0.717) is 49.4 Å². The second-order valence-corrected chi connectivity index (χ2v) is 11.7. The molecule has 10 nitrogen and oxygen atoms in total. The van der Waals surface area contributed by atoms with Gasteiger partial charge in [-0.15, -0.1) is 37.2 Å². The second kappa shape index (κ2) is 14.9. The van der Waals surface area contributed by atoms with E-state index in [-0.39, 0.29) is 65.3 Å². The maximum Gasteiger partial charge on any atom is 0.336 e. The summed E-state index contributed by atoms with van der Waals surface area (Å²) in [6.45, 7) is 10.3. The third kappa shape index (κ3) is 9.08. The average molecular weight is 649 g/mol. The summed E-state index contributed by atoms with van der Waals surface area (Å²) in [5.41, 5.74) is 2.40. The average Bonchev–Trinajstić information content (AvgIpc) is 2.82. The number of nitrogens with one attached hydrogen (secondary N) is 2. The molecular weight excluding hydrogens is 613 g/mol. The number of halogens is 3. The third-order valence-electron chi connectivity index (χ3n) is 6.30. The number of fused-ring (bicyclic) bond motifs is 1. The van der Waals surface area contributed by atoms with E-state index in [1.165, 1.54) is 12.1 Å². The fraction of sp³-hybridized carbons (Fsp3) is 0.370. The van der Waals surface area contributed by atoms with Gasteiger partial charge < -0.3 is 15.3 Å². The van der Waals surface area contributed by atoms with E-state index in [9.17, 15) is 23.1 Å². The van der Waals surface area contributed by atoms with Crippen molar-refractivity contribution in [1.82, 2.24) is 15.2 Å². The Balaban J connectivity index is 0.00000280. The molecule has 1 amide bonds. The minimum atomic E-state index is -3.87. The van der Waals surface area contributed by atoms with E-state index in [1.807, 2.05) is 38.7 Å². The van der Waals surface area contributed by atoms with Gasteiger partial charge in [0.2, 0.25) is 5.91 Å². The number of carbonyl (C=O) groups excluding carboxylic acids is 1. The van der Waals surface area contributed by atoms with Crippen molar-refractivity contribution in [2.24, 2.45) is 0 Å². The molecule has 0 spiro atoms. The molecule has 41 heavy (non-hydrogen) atoms. The maximum absolute atomic E-state index is 13.0. The quantitative estimate of drug-likeness (QED) is 0.330. The minimum absolute atomic E-state index is 0. The van der Waals surface area contributed by atoms with Gasteiger partial charge in [-0.2, -0.15) is 0 Å². The van der Waals surface area contributed by atoms with Crippen LogP contribution in [0.1, 0.15) is 35.3 Å². The molecule has 1 aliphatic rings. The number of hydrogen-bond acceptors (Lipinski definition) is 7. The van der Waals surface area contributed by atoms with Gasteiger partial charge in [-0.3, -0.25) is 14.4 Å². The van der Waals surface area contributed by atoms with Crippen LogP contribution in [0.15, 0.2) is 47.4 Å². The summed E-state index contributed by atoms with van der Waals surface area (Å²) in [6.07, 6.45) is 0. The molecule has 0 saturated carbocycles. The Morgan fingerprint density at radius 2 is 1.56 bits per heavy atom. The van der Waals surface area contributed by atoms with E-state index in [4.69, 9.17) is 0 Å². The Hall–Kier alpha value is -2.83. The van der Waals surface area contributed by atoms with Crippen LogP contribution in [0.2, 0.25) is 0 Å². The lowest BCUT2D eigenvalue weighted by Crippen LogP contribution is -2.50. The zero-order chi connectivity index (χ0) is 27.6. The van der Waals surface area contributed by atoms with Gasteiger partial charge in [-0.1, -0.05) is 6.07 Å². The fourth-order valence-corrected chi connectivity index (χ4v) is 5.86. The highest BCUT2D eigenvalue weighted by molar-refractivity contribution is 7.92. The van der Waals surface area contributed by atoms with Crippen LogP contribution in [0.25, 0.3) is 10.9 Å². The molecule has 0 radical (unpaired) electrons. The van der Waals surface area contributed by atoms with Gasteiger partial charge in [0.25, 0.3) is 10.0 Å². The van der Waals surface area contributed by atoms with Crippen LogP contribution >= 0.6 is 37.2 Å². The van der Waals surface area contributed by atoms with Gasteiger partial charge in [0.1, 0.15) is 5.82 Å². The molecule has 1 fully saturated rings. The Bertz CT molecular complexity index is 1480. The number of aromatic nitrogens is 1. The Morgan fingerprint density at radius 3 is 2.12 bits per heavy atom. The Labute approximate surface area is 259 Å². The Morgan fingerprint density at radius 1 is 0.951 bits per heavy atom. The first-order valence-corrected chi connectivity index (χ1v) is 14.0. The summed E-state index contributed by atoms with van der Waals surface area (Å²) in [7, 11) is -3.87. The number of benzene rings is 2. The highest BCUT2D eigenvalue weighted by atomic mass is 35.5. The third-order valence-corrected chi connectivity index (χ3v) is 7.66. The predicted molar refractivity (Wildman–Crippen MR) is 169 cm³/mol. The zero-order valence-corrected chi connectivity index (χ0v) is 26.5. The molecule has 1 aliphatic heterocycles. The smallest absolute Gasteiger partial charge is 0.336 e. The lowest BCUT2D eigenvalue weighted by atomic mass is 10.1. The van der Waals surface area contributed by atoms with Crippen LogP contribution < -0.4 is 14.9 Å². The first-order valence-electron chi connectivity index (χ1n) is 12.5. The lowest BCUT2D eigenvalue weighted by molar-refractivity contribution is -0.122. The number of rotatable bonds is 8. The fourth-order valence-electron chi connectivity index (χ4n) is 4.62. The molecule has 3 aromatic rings. The Kier molecular flexibility index (Phi) is 13.1. The van der Waals surface area contributed by atoms with Crippen molar-refractivity contribution in [2.45, 2.75) is 38.6 Å². The summed E-state index contributed by atoms with van der Waals surface area (Å²) in [4.78, 5) is 33.1. The van der Waals surface area contributed by atoms with Gasteiger partial charge in [0.15, 0.2) is 0 Å². The van der Waals surface area contributed by atoms with Crippen molar-refractivity contribution in [1.29, 1.82) is 0 Å². The summed E-state index contributed by atoms with van der Waals surface area (Å²) in [6, 6.07) is 11.4. The number of nitrogens with zero attached hydrogens (tertiary/aromatic N) is 3. The van der Waals surface area contributed by atoms with Crippen molar-refractivity contribution in [2.75, 3.05) is 42.3 Å². The lowest BCUT2D eigenvalue weighted by Gasteiger charge is -2.35. The van der Waals surface area contributed by atoms with Gasteiger partial charge in [0.05, 0.1) is 22.5 Å². The zero-order valence-electron chi connectivity index (χ0n) is 23.2. The summed E-state index contributed by atoms with van der Waals surface area (Å²) in [5, 5.41) is 13.2. The highest BCUT2D eigenvalue weighted by Crippen LogP contribution is 2.28. The first kappa shape index (κ1) is 36.2. The van der Waals surface area contributed by atoms with E-state index in [2.05, 4.69) is 19.9 Å². The first-order chi connectivity index (χ1) is 17.9. The van der Waals surface area contributed by atoms with Crippen molar-refractivity contribution >= 4 is 81.5 Å². The van der Waals surface area contributed by atoms with Crippen LogP contribution in [0.4, 0.5) is 11.5 Å². The molecule has 3 N–H and O–H groups in total. The number of amides is 1. The molecule has 0 bridgehead atoms. The second-order valence-electron chi connectivity index (χ2n) is 9.98. The minimum Gasteiger partial charge on any atom is -0.478 e. The van der Waals surface area contributed by atoms with Gasteiger partial charge in [-0.25, -0.2) is 18.2 Å². The molecular formula is C27H36Cl3N5O5S. The number of hydrogen-bond donors (Lipinski definition) is 3. The maximum atomic E-state index is 13.0. The predicted octanol–water partition coefficient (Wildman–Crippen LogP) is 4.26. The summed E-state index contributed by atoms with van der Waals surface area (Å²) >= 11 is 0. The molecule has 1 saturated heterocycles. The standard InChI is InChI=1S/C27H33N5O5S.3ClH/c1-17(2)28-26(33)16-31-7-9-32(10-8-31)25-15-23(27(34)35)22-14-20(5-6-24(22)29-25)30-38(36,37)21-12-18(3)11-19(4)13-21;;;/h5-6,11-15,17,30H,7-10,16H2,1-4H3,(H,28,33)(H,34,35);3*1H.